The Labute approximate surface area is 187 Å². The molecule has 2 unspecified atom stereocenters. The molecule has 4 heteroatoms. The zero-order valence-corrected chi connectivity index (χ0v) is 19.2. The molecule has 0 saturated heterocycles. The van der Waals surface area contributed by atoms with Crippen LogP contribution in [0.25, 0.3) is 0 Å². The van der Waals surface area contributed by atoms with Gasteiger partial charge >= 0.3 is 0 Å². The maximum atomic E-state index is 13.9. The molecule has 5 fully saturated rings. The van der Waals surface area contributed by atoms with Crippen LogP contribution in [0.1, 0.15) is 76.7 Å². The molecule has 4 nitrogen and oxygen atoms in total. The second-order valence-electron chi connectivity index (χ2n) is 11.5. The van der Waals surface area contributed by atoms with E-state index < -0.39 is 0 Å². The SMILES string of the molecule is CCOC[C@]12CC3CC(C(=O)N[C@H]4CC[C@H](CN)CC4)(C1)C[C@@](c1ccccc1)(C3)C2. The van der Waals surface area contributed by atoms with Gasteiger partial charge in [-0.2, -0.15) is 0 Å². The van der Waals surface area contributed by atoms with Crippen LogP contribution in [0.3, 0.4) is 0 Å². The highest BCUT2D eigenvalue weighted by Gasteiger charge is 2.66. The van der Waals surface area contributed by atoms with Crippen molar-refractivity contribution in [3.8, 4) is 0 Å². The molecule has 170 valence electrons. The number of hydrogen-bond donors (Lipinski definition) is 2. The first-order chi connectivity index (χ1) is 15.0. The van der Waals surface area contributed by atoms with Crippen molar-refractivity contribution in [2.24, 2.45) is 28.4 Å². The summed E-state index contributed by atoms with van der Waals surface area (Å²) in [6.07, 6.45) is 11.2. The number of rotatable bonds is 7. The summed E-state index contributed by atoms with van der Waals surface area (Å²) in [5, 5.41) is 3.54. The summed E-state index contributed by atoms with van der Waals surface area (Å²) in [6.45, 7) is 4.44. The minimum Gasteiger partial charge on any atom is -0.381 e. The number of nitrogens with two attached hydrogens (primary N) is 1. The fourth-order valence-electron chi connectivity index (χ4n) is 8.37. The number of ether oxygens (including phenoxy) is 1. The Kier molecular flexibility index (Phi) is 5.67. The third kappa shape index (κ3) is 3.84. The van der Waals surface area contributed by atoms with Crippen molar-refractivity contribution in [1.82, 2.24) is 5.32 Å². The molecule has 3 N–H and O–H groups in total. The molecule has 0 spiro atoms. The van der Waals surface area contributed by atoms with Crippen LogP contribution in [0.15, 0.2) is 30.3 Å². The van der Waals surface area contributed by atoms with E-state index in [2.05, 4.69) is 42.6 Å². The van der Waals surface area contributed by atoms with Gasteiger partial charge in [0.05, 0.1) is 12.0 Å². The van der Waals surface area contributed by atoms with Gasteiger partial charge in [-0.05, 0) is 106 Å². The van der Waals surface area contributed by atoms with Gasteiger partial charge in [0.15, 0.2) is 0 Å². The maximum absolute atomic E-state index is 13.9. The van der Waals surface area contributed by atoms with Gasteiger partial charge < -0.3 is 15.8 Å². The molecule has 5 saturated carbocycles. The van der Waals surface area contributed by atoms with Crippen LogP contribution in [-0.2, 0) is 14.9 Å². The fourth-order valence-corrected chi connectivity index (χ4v) is 8.37. The van der Waals surface area contributed by atoms with E-state index in [1.54, 1.807) is 0 Å². The number of carbonyl (C=O) groups excluding carboxylic acids is 1. The lowest BCUT2D eigenvalue weighted by Crippen LogP contribution is -2.64. The fraction of sp³-hybridized carbons (Fsp3) is 0.741. The van der Waals surface area contributed by atoms with Gasteiger partial charge in [0.1, 0.15) is 0 Å². The molecular formula is C27H40N2O2. The van der Waals surface area contributed by atoms with E-state index in [1.165, 1.54) is 24.8 Å². The van der Waals surface area contributed by atoms with Crippen molar-refractivity contribution in [2.45, 2.75) is 82.6 Å². The molecule has 31 heavy (non-hydrogen) atoms. The van der Waals surface area contributed by atoms with Gasteiger partial charge in [-0.1, -0.05) is 30.3 Å². The molecule has 6 rings (SSSR count). The van der Waals surface area contributed by atoms with E-state index in [-0.39, 0.29) is 16.2 Å². The van der Waals surface area contributed by atoms with Crippen molar-refractivity contribution in [3.05, 3.63) is 35.9 Å². The van der Waals surface area contributed by atoms with Gasteiger partial charge in [0.2, 0.25) is 5.91 Å². The van der Waals surface area contributed by atoms with E-state index in [1.807, 2.05) is 0 Å². The smallest absolute Gasteiger partial charge is 0.226 e. The Morgan fingerprint density at radius 1 is 1.06 bits per heavy atom. The van der Waals surface area contributed by atoms with E-state index in [4.69, 9.17) is 10.5 Å². The average Bonchev–Trinajstić information content (AvgIpc) is 2.78. The number of benzene rings is 1. The minimum absolute atomic E-state index is 0.131. The average molecular weight is 425 g/mol. The normalized spacial score (nSPS) is 41.3. The lowest BCUT2D eigenvalue weighted by atomic mass is 9.38. The number of hydrogen-bond acceptors (Lipinski definition) is 3. The van der Waals surface area contributed by atoms with Crippen LogP contribution < -0.4 is 11.1 Å². The van der Waals surface area contributed by atoms with E-state index >= 15 is 0 Å². The second kappa shape index (κ2) is 8.19. The monoisotopic (exact) mass is 424 g/mol. The highest BCUT2D eigenvalue weighted by Crippen LogP contribution is 2.70. The largest absolute Gasteiger partial charge is 0.381 e. The Balaban J connectivity index is 1.42. The molecule has 5 aliphatic carbocycles. The minimum atomic E-state index is -0.225. The molecule has 0 aromatic heterocycles. The Morgan fingerprint density at radius 2 is 1.84 bits per heavy atom. The lowest BCUT2D eigenvalue weighted by Gasteiger charge is -2.66. The van der Waals surface area contributed by atoms with Gasteiger partial charge in [-0.15, -0.1) is 0 Å². The third-order valence-corrected chi connectivity index (χ3v) is 9.18. The van der Waals surface area contributed by atoms with Gasteiger partial charge in [-0.3, -0.25) is 4.79 Å². The summed E-state index contributed by atoms with van der Waals surface area (Å²) in [4.78, 5) is 13.9. The summed E-state index contributed by atoms with van der Waals surface area (Å²) in [7, 11) is 0. The quantitative estimate of drug-likeness (QED) is 0.674. The first-order valence-corrected chi connectivity index (χ1v) is 12.6. The summed E-state index contributed by atoms with van der Waals surface area (Å²) in [6, 6.07) is 11.4. The predicted molar refractivity (Wildman–Crippen MR) is 124 cm³/mol. The number of nitrogens with one attached hydrogen (secondary N) is 1. The zero-order chi connectivity index (χ0) is 21.5. The van der Waals surface area contributed by atoms with E-state index in [9.17, 15) is 4.79 Å². The van der Waals surface area contributed by atoms with Crippen LogP contribution in [0.4, 0.5) is 0 Å². The maximum Gasteiger partial charge on any atom is 0.226 e. The molecule has 0 radical (unpaired) electrons. The first-order valence-electron chi connectivity index (χ1n) is 12.6. The van der Waals surface area contributed by atoms with Gasteiger partial charge in [0, 0.05) is 12.6 Å². The van der Waals surface area contributed by atoms with Crippen LogP contribution in [0.2, 0.25) is 0 Å². The first kappa shape index (κ1) is 21.5. The molecule has 5 aliphatic rings. The van der Waals surface area contributed by atoms with Gasteiger partial charge in [0.25, 0.3) is 0 Å². The highest BCUT2D eigenvalue weighted by atomic mass is 16.5. The summed E-state index contributed by atoms with van der Waals surface area (Å²) in [5.41, 5.74) is 7.38. The van der Waals surface area contributed by atoms with E-state index in [0.29, 0.717) is 23.8 Å². The van der Waals surface area contributed by atoms with Crippen molar-refractivity contribution in [3.63, 3.8) is 0 Å². The van der Waals surface area contributed by atoms with E-state index in [0.717, 1.165) is 64.7 Å². The third-order valence-electron chi connectivity index (χ3n) is 9.18. The van der Waals surface area contributed by atoms with Crippen LogP contribution in [0.5, 0.6) is 0 Å². The molecule has 0 heterocycles. The summed E-state index contributed by atoms with van der Waals surface area (Å²) < 4.78 is 6.05. The second-order valence-corrected chi connectivity index (χ2v) is 11.5. The molecule has 1 aromatic rings. The zero-order valence-electron chi connectivity index (χ0n) is 19.2. The molecule has 4 bridgehead atoms. The van der Waals surface area contributed by atoms with Crippen molar-refractivity contribution in [1.29, 1.82) is 0 Å². The molecule has 1 aromatic carbocycles. The topological polar surface area (TPSA) is 64.3 Å². The Bertz CT molecular complexity index is 790. The Hall–Kier alpha value is -1.39. The van der Waals surface area contributed by atoms with Crippen molar-refractivity contribution < 1.29 is 9.53 Å². The van der Waals surface area contributed by atoms with Crippen LogP contribution in [-0.4, -0.2) is 31.7 Å². The van der Waals surface area contributed by atoms with Crippen LogP contribution in [0, 0.1) is 22.7 Å². The van der Waals surface area contributed by atoms with Crippen LogP contribution >= 0.6 is 0 Å². The number of amides is 1. The molecule has 4 atom stereocenters. The molecular weight excluding hydrogens is 384 g/mol. The summed E-state index contributed by atoms with van der Waals surface area (Å²) >= 11 is 0. The lowest BCUT2D eigenvalue weighted by molar-refractivity contribution is -0.172. The van der Waals surface area contributed by atoms with Crippen molar-refractivity contribution >= 4 is 5.91 Å². The molecule has 1 amide bonds. The highest BCUT2D eigenvalue weighted by molar-refractivity contribution is 5.84. The summed E-state index contributed by atoms with van der Waals surface area (Å²) in [5.74, 6) is 1.62. The predicted octanol–water partition coefficient (Wildman–Crippen LogP) is 4.57. The Morgan fingerprint density at radius 3 is 2.55 bits per heavy atom. The number of carbonyl (C=O) groups is 1. The van der Waals surface area contributed by atoms with Crippen molar-refractivity contribution in [2.75, 3.05) is 19.8 Å². The molecule has 0 aliphatic heterocycles. The standard InChI is InChI=1S/C27H40N2O2/c1-2-31-19-25-12-21-13-26(16-25,22-6-4-3-5-7-22)18-27(14-21,17-25)24(30)29-23-10-8-20(15-28)9-11-23/h3-7,20-21,23H,2,8-19,28H2,1H3,(H,29,30)/t20-,21?,23-,25-,26+,27?/m0/s1. The van der Waals surface area contributed by atoms with Gasteiger partial charge in [-0.25, -0.2) is 0 Å².